The molecule has 1 aliphatic rings. The zero-order chi connectivity index (χ0) is 9.10. The molecule has 0 unspecified atom stereocenters. The van der Waals surface area contributed by atoms with Crippen molar-refractivity contribution in [3.8, 4) is 0 Å². The van der Waals surface area contributed by atoms with E-state index < -0.39 is 0 Å². The molecule has 1 saturated heterocycles. The van der Waals surface area contributed by atoms with Gasteiger partial charge in [0.15, 0.2) is 0 Å². The van der Waals surface area contributed by atoms with E-state index in [-0.39, 0.29) is 0 Å². The molecular weight excluding hydrogens is 164 g/mol. The summed E-state index contributed by atoms with van der Waals surface area (Å²) in [6.07, 6.45) is 5.60. The van der Waals surface area contributed by atoms with E-state index in [2.05, 4.69) is 14.9 Å². The molecule has 2 N–H and O–H groups in total. The quantitative estimate of drug-likeness (QED) is 0.723. The van der Waals surface area contributed by atoms with Gasteiger partial charge in [0.2, 0.25) is 0 Å². The van der Waals surface area contributed by atoms with Crippen LogP contribution in [-0.2, 0) is 6.42 Å². The number of hydrogen-bond acceptors (Lipinski definition) is 4. The fourth-order valence-corrected chi connectivity index (χ4v) is 1.36. The first-order valence-electron chi connectivity index (χ1n) is 4.63. The van der Waals surface area contributed by atoms with Gasteiger partial charge in [-0.3, -0.25) is 0 Å². The molecule has 0 spiro atoms. The second-order valence-electron chi connectivity index (χ2n) is 3.38. The number of hydrogen-bond donors (Lipinski definition) is 1. The zero-order valence-electron chi connectivity index (χ0n) is 7.61. The molecule has 4 nitrogen and oxygen atoms in total. The third-order valence-corrected chi connectivity index (χ3v) is 2.33. The number of anilines is 1. The van der Waals surface area contributed by atoms with E-state index in [1.807, 2.05) is 0 Å². The highest BCUT2D eigenvalue weighted by Crippen LogP contribution is 2.06. The Labute approximate surface area is 77.8 Å². The maximum atomic E-state index is 5.48. The smallest absolute Gasteiger partial charge is 0.129 e. The van der Waals surface area contributed by atoms with Crippen LogP contribution < -0.4 is 5.73 Å². The van der Waals surface area contributed by atoms with Gasteiger partial charge in [0.1, 0.15) is 5.82 Å². The van der Waals surface area contributed by atoms with Crippen molar-refractivity contribution < 1.29 is 0 Å². The first kappa shape index (κ1) is 8.44. The lowest BCUT2D eigenvalue weighted by Crippen LogP contribution is -2.38. The van der Waals surface area contributed by atoms with Crippen LogP contribution >= 0.6 is 0 Å². The molecule has 1 aromatic heterocycles. The van der Waals surface area contributed by atoms with Crippen LogP contribution in [0, 0.1) is 0 Å². The van der Waals surface area contributed by atoms with Gasteiger partial charge in [0.25, 0.3) is 0 Å². The zero-order valence-corrected chi connectivity index (χ0v) is 7.61. The Balaban J connectivity index is 1.83. The van der Waals surface area contributed by atoms with Crippen molar-refractivity contribution in [2.24, 2.45) is 0 Å². The van der Waals surface area contributed by atoms with E-state index >= 15 is 0 Å². The second-order valence-corrected chi connectivity index (χ2v) is 3.38. The van der Waals surface area contributed by atoms with Crippen molar-refractivity contribution in [2.45, 2.75) is 12.8 Å². The molecular formula is C9H14N4. The van der Waals surface area contributed by atoms with Crippen LogP contribution in [0.15, 0.2) is 12.4 Å². The van der Waals surface area contributed by atoms with Crippen molar-refractivity contribution in [1.82, 2.24) is 14.9 Å². The van der Waals surface area contributed by atoms with Crippen LogP contribution in [-0.4, -0.2) is 34.5 Å². The lowest BCUT2D eigenvalue weighted by Gasteiger charge is -2.30. The molecule has 0 atom stereocenters. The number of nitrogens with two attached hydrogens (primary N) is 1. The minimum absolute atomic E-state index is 0.632. The van der Waals surface area contributed by atoms with Gasteiger partial charge in [-0.2, -0.15) is 0 Å². The minimum atomic E-state index is 0.632. The van der Waals surface area contributed by atoms with Crippen molar-refractivity contribution in [2.75, 3.05) is 25.4 Å². The Morgan fingerprint density at radius 2 is 2.00 bits per heavy atom. The van der Waals surface area contributed by atoms with E-state index in [4.69, 9.17) is 5.73 Å². The van der Waals surface area contributed by atoms with Crippen molar-refractivity contribution in [3.05, 3.63) is 18.2 Å². The van der Waals surface area contributed by atoms with Crippen molar-refractivity contribution in [1.29, 1.82) is 0 Å². The fourth-order valence-electron chi connectivity index (χ4n) is 1.36. The lowest BCUT2D eigenvalue weighted by molar-refractivity contribution is 0.183. The summed E-state index contributed by atoms with van der Waals surface area (Å²) in [6, 6.07) is 0. The molecule has 70 valence electrons. The van der Waals surface area contributed by atoms with Gasteiger partial charge in [-0.05, 0) is 19.5 Å². The summed E-state index contributed by atoms with van der Waals surface area (Å²) >= 11 is 0. The molecule has 13 heavy (non-hydrogen) atoms. The first-order chi connectivity index (χ1) is 6.34. The second kappa shape index (κ2) is 3.70. The summed E-state index contributed by atoms with van der Waals surface area (Å²) in [5.74, 6) is 0.890. The maximum Gasteiger partial charge on any atom is 0.129 e. The van der Waals surface area contributed by atoms with Crippen LogP contribution in [0.3, 0.4) is 0 Å². The number of aromatic nitrogens is 2. The summed E-state index contributed by atoms with van der Waals surface area (Å²) < 4.78 is 0. The van der Waals surface area contributed by atoms with E-state index in [1.165, 1.54) is 19.5 Å². The Morgan fingerprint density at radius 1 is 1.31 bits per heavy atom. The van der Waals surface area contributed by atoms with Gasteiger partial charge < -0.3 is 10.6 Å². The minimum Gasteiger partial charge on any atom is -0.396 e. The van der Waals surface area contributed by atoms with Crippen molar-refractivity contribution >= 4 is 5.69 Å². The summed E-state index contributed by atoms with van der Waals surface area (Å²) in [5, 5.41) is 0. The normalized spacial score (nSPS) is 16.9. The van der Waals surface area contributed by atoms with Gasteiger partial charge in [0, 0.05) is 13.0 Å². The van der Waals surface area contributed by atoms with Gasteiger partial charge >= 0.3 is 0 Å². The molecule has 2 heterocycles. The van der Waals surface area contributed by atoms with E-state index in [0.29, 0.717) is 5.69 Å². The van der Waals surface area contributed by atoms with Crippen LogP contribution in [0.2, 0.25) is 0 Å². The topological polar surface area (TPSA) is 55.0 Å². The molecule has 1 aliphatic heterocycles. The molecule has 1 aromatic rings. The molecule has 0 aromatic carbocycles. The summed E-state index contributed by atoms with van der Waals surface area (Å²) in [5.41, 5.74) is 6.12. The summed E-state index contributed by atoms with van der Waals surface area (Å²) in [4.78, 5) is 10.7. The third kappa shape index (κ3) is 2.15. The monoisotopic (exact) mass is 178 g/mol. The molecule has 4 heteroatoms. The van der Waals surface area contributed by atoms with Crippen LogP contribution in [0.5, 0.6) is 0 Å². The fraction of sp³-hybridized carbons (Fsp3) is 0.556. The Kier molecular flexibility index (Phi) is 2.40. The van der Waals surface area contributed by atoms with Crippen LogP contribution in [0.25, 0.3) is 0 Å². The highest BCUT2D eigenvalue weighted by atomic mass is 15.2. The average Bonchev–Trinajstić information content (AvgIpc) is 2.05. The van der Waals surface area contributed by atoms with Crippen LogP contribution in [0.1, 0.15) is 12.2 Å². The number of nitrogens with zero attached hydrogens (tertiary/aromatic N) is 3. The van der Waals surface area contributed by atoms with Crippen LogP contribution in [0.4, 0.5) is 5.69 Å². The predicted molar refractivity (Wildman–Crippen MR) is 51.2 cm³/mol. The first-order valence-corrected chi connectivity index (χ1v) is 4.63. The lowest BCUT2D eigenvalue weighted by atomic mass is 10.2. The maximum absolute atomic E-state index is 5.48. The standard InChI is InChI=1S/C9H14N4/c10-8-6-11-9(12-7-8)2-5-13-3-1-4-13/h6-7H,1-5,10H2. The molecule has 2 rings (SSSR count). The van der Waals surface area contributed by atoms with Gasteiger partial charge in [0.05, 0.1) is 18.1 Å². The third-order valence-electron chi connectivity index (χ3n) is 2.33. The van der Waals surface area contributed by atoms with Crippen molar-refractivity contribution in [3.63, 3.8) is 0 Å². The molecule has 0 saturated carbocycles. The highest BCUT2D eigenvalue weighted by molar-refractivity contribution is 5.30. The molecule has 0 radical (unpaired) electrons. The molecule has 0 bridgehead atoms. The number of likely N-dealkylation sites (tertiary alicyclic amines) is 1. The predicted octanol–water partition coefficient (Wildman–Crippen LogP) is 0.307. The average molecular weight is 178 g/mol. The molecule has 1 fully saturated rings. The Bertz CT molecular complexity index is 265. The molecule has 0 amide bonds. The van der Waals surface area contributed by atoms with E-state index in [0.717, 1.165) is 18.8 Å². The number of rotatable bonds is 3. The van der Waals surface area contributed by atoms with Gasteiger partial charge in [-0.25, -0.2) is 9.97 Å². The molecule has 0 aliphatic carbocycles. The van der Waals surface area contributed by atoms with Gasteiger partial charge in [-0.1, -0.05) is 0 Å². The Hall–Kier alpha value is -1.16. The largest absolute Gasteiger partial charge is 0.396 e. The summed E-state index contributed by atoms with van der Waals surface area (Å²) in [7, 11) is 0. The number of nitrogen functional groups attached to an aromatic ring is 1. The van der Waals surface area contributed by atoms with E-state index in [9.17, 15) is 0 Å². The summed E-state index contributed by atoms with van der Waals surface area (Å²) in [6.45, 7) is 3.54. The highest BCUT2D eigenvalue weighted by Gasteiger charge is 2.13. The van der Waals surface area contributed by atoms with E-state index in [1.54, 1.807) is 12.4 Å². The Morgan fingerprint density at radius 3 is 2.54 bits per heavy atom. The van der Waals surface area contributed by atoms with Gasteiger partial charge in [-0.15, -0.1) is 0 Å². The SMILES string of the molecule is Nc1cnc(CCN2CCC2)nc1.